The first-order valence-corrected chi connectivity index (χ1v) is 15.4. The molecule has 0 saturated carbocycles. The van der Waals surface area contributed by atoms with Gasteiger partial charge in [-0.05, 0) is 102 Å². The number of hydrogen-bond acceptors (Lipinski definition) is 2. The van der Waals surface area contributed by atoms with Gasteiger partial charge in [-0.2, -0.15) is 0 Å². The Kier molecular flexibility index (Phi) is 9.66. The van der Waals surface area contributed by atoms with E-state index in [-0.39, 0.29) is 27.8 Å². The van der Waals surface area contributed by atoms with E-state index in [1.165, 1.54) is 77.9 Å². The molecule has 2 heterocycles. The van der Waals surface area contributed by atoms with E-state index in [0.29, 0.717) is 0 Å². The van der Waals surface area contributed by atoms with E-state index in [0.717, 1.165) is 11.0 Å². The van der Waals surface area contributed by atoms with Gasteiger partial charge >= 0.3 is 0 Å². The topological polar surface area (TPSA) is 20.6 Å². The molecule has 3 nitrogen and oxygen atoms in total. The fourth-order valence-corrected chi connectivity index (χ4v) is 6.77. The number of fused-ring (bicyclic) bond motifs is 3. The van der Waals surface area contributed by atoms with Gasteiger partial charge in [0.05, 0.1) is 0 Å². The molecule has 0 unspecified atom stereocenters. The predicted octanol–water partition coefficient (Wildman–Crippen LogP) is 10.7. The molecule has 1 aliphatic rings. The van der Waals surface area contributed by atoms with E-state index in [4.69, 9.17) is 4.98 Å². The van der Waals surface area contributed by atoms with E-state index >= 15 is 0 Å². The second kappa shape index (κ2) is 12.6. The number of para-hydroxylation sites is 1. The first kappa shape index (κ1) is 33.6. The van der Waals surface area contributed by atoms with Crippen LogP contribution >= 0.6 is 0 Å². The molecule has 0 atom stereocenters. The summed E-state index contributed by atoms with van der Waals surface area (Å²) in [4.78, 5) is 9.48. The molecule has 235 valence electrons. The van der Waals surface area contributed by atoms with Crippen LogP contribution < -0.4 is 14.8 Å². The third-order valence-corrected chi connectivity index (χ3v) is 8.51. The van der Waals surface area contributed by atoms with Crippen molar-refractivity contribution in [2.24, 2.45) is 5.41 Å². The van der Waals surface area contributed by atoms with Gasteiger partial charge in [0, 0.05) is 44.9 Å². The van der Waals surface area contributed by atoms with Crippen molar-refractivity contribution in [1.29, 1.82) is 0 Å². The van der Waals surface area contributed by atoms with Crippen molar-refractivity contribution in [3.05, 3.63) is 123 Å². The summed E-state index contributed by atoms with van der Waals surface area (Å²) in [5, 5.41) is 2.59. The molecule has 6 rings (SSSR count). The van der Waals surface area contributed by atoms with Crippen LogP contribution in [0.5, 0.6) is 0 Å². The van der Waals surface area contributed by atoms with Crippen LogP contribution in [0.2, 0.25) is 0 Å². The SMILES string of the molecule is Cc1cc(C)c(N2C=C(C(C)(C)C)N(c3c(C)cccc3C)[CH-]2)c(C)c1.Cc1cc(C)c2[n-]c3c(C)cc(C)cc3c2c1.[Au]. The zero-order chi connectivity index (χ0) is 31.4. The number of aryl methyl sites for hydroxylation is 9. The normalized spacial score (nSPS) is 13.2. The van der Waals surface area contributed by atoms with E-state index in [9.17, 15) is 0 Å². The van der Waals surface area contributed by atoms with E-state index < -0.39 is 0 Å². The third-order valence-electron chi connectivity index (χ3n) is 8.51. The van der Waals surface area contributed by atoms with Crippen molar-refractivity contribution < 1.29 is 22.4 Å². The number of hydrogen-bond donors (Lipinski definition) is 0. The van der Waals surface area contributed by atoms with Crippen LogP contribution in [-0.2, 0) is 22.4 Å². The first-order valence-electron chi connectivity index (χ1n) is 15.4. The Bertz CT molecular complexity index is 1780. The van der Waals surface area contributed by atoms with Crippen LogP contribution in [0.25, 0.3) is 21.8 Å². The summed E-state index contributed by atoms with van der Waals surface area (Å²) in [5.41, 5.74) is 17.9. The van der Waals surface area contributed by atoms with E-state index in [1.54, 1.807) is 0 Å². The standard InChI is InChI=1S/C24H31N2.C16H16N.Au/c1-16-12-19(4)22(20(5)13-16)25-14-21(24(6,7)8)26(15-25)23-17(2)10-9-11-18(23)3;1-9-5-11(3)15-13(7-9)14-8-10(2)6-12(4)16(14)17-15;/h9-15H,1-8H3;5-8H,1-4H3;/q2*-1;. The average Bonchev–Trinajstić information content (AvgIpc) is 3.47. The second-order valence-corrected chi connectivity index (χ2v) is 13.7. The van der Waals surface area contributed by atoms with Gasteiger partial charge in [0.25, 0.3) is 0 Å². The summed E-state index contributed by atoms with van der Waals surface area (Å²) >= 11 is 0. The molecule has 0 aliphatic carbocycles. The molecule has 0 saturated heterocycles. The first-order chi connectivity index (χ1) is 20.1. The van der Waals surface area contributed by atoms with E-state index in [1.807, 2.05) is 0 Å². The zero-order valence-electron chi connectivity index (χ0n) is 28.5. The van der Waals surface area contributed by atoms with Crippen molar-refractivity contribution in [1.82, 2.24) is 4.98 Å². The van der Waals surface area contributed by atoms with Gasteiger partial charge in [-0.3, -0.25) is 0 Å². The Balaban J connectivity index is 0.000000212. The fraction of sp³-hybridized carbons (Fsp3) is 0.325. The van der Waals surface area contributed by atoms with Gasteiger partial charge in [0.1, 0.15) is 0 Å². The van der Waals surface area contributed by atoms with Crippen LogP contribution in [0.1, 0.15) is 70.8 Å². The van der Waals surface area contributed by atoms with Crippen LogP contribution in [0.4, 0.5) is 11.4 Å². The molecular formula is C40H47AuN3-2. The maximum Gasteiger partial charge on any atom is 0.0186 e. The maximum atomic E-state index is 4.80. The summed E-state index contributed by atoms with van der Waals surface area (Å²) in [7, 11) is 0. The molecule has 4 aromatic carbocycles. The van der Waals surface area contributed by atoms with Crippen LogP contribution in [0, 0.1) is 74.4 Å². The zero-order valence-corrected chi connectivity index (χ0v) is 30.7. The minimum Gasteiger partial charge on any atom is -0.656 e. The number of rotatable bonds is 2. The molecule has 1 aromatic heterocycles. The Morgan fingerprint density at radius 1 is 0.568 bits per heavy atom. The third kappa shape index (κ3) is 6.42. The Morgan fingerprint density at radius 3 is 1.45 bits per heavy atom. The number of allylic oxidation sites excluding steroid dienone is 1. The summed E-state index contributed by atoms with van der Waals surface area (Å²) in [6, 6.07) is 20.0. The Hall–Kier alpha value is -3.24. The molecule has 0 spiro atoms. The molecule has 1 radical (unpaired) electrons. The Morgan fingerprint density at radius 2 is 1.00 bits per heavy atom. The molecule has 5 aromatic rings. The molecule has 44 heavy (non-hydrogen) atoms. The van der Waals surface area contributed by atoms with Crippen molar-refractivity contribution >= 4 is 33.2 Å². The summed E-state index contributed by atoms with van der Waals surface area (Å²) < 4.78 is 0. The van der Waals surface area contributed by atoms with Crippen LogP contribution in [-0.4, -0.2) is 0 Å². The summed E-state index contributed by atoms with van der Waals surface area (Å²) in [6.45, 7) is 28.6. The summed E-state index contributed by atoms with van der Waals surface area (Å²) in [6.07, 6.45) is 2.30. The molecule has 0 bridgehead atoms. The van der Waals surface area contributed by atoms with Crippen molar-refractivity contribution in [3.63, 3.8) is 0 Å². The molecular weight excluding hydrogens is 719 g/mol. The Labute approximate surface area is 280 Å². The van der Waals surface area contributed by atoms with Gasteiger partial charge in [0.2, 0.25) is 0 Å². The minimum atomic E-state index is 0. The van der Waals surface area contributed by atoms with Crippen LogP contribution in [0.15, 0.2) is 66.5 Å². The van der Waals surface area contributed by atoms with Crippen molar-refractivity contribution in [2.75, 3.05) is 9.80 Å². The van der Waals surface area contributed by atoms with E-state index in [2.05, 4.69) is 160 Å². The monoisotopic (exact) mass is 766 g/mol. The number of aromatic nitrogens is 1. The quantitative estimate of drug-likeness (QED) is 0.132. The smallest absolute Gasteiger partial charge is 0.0186 e. The fourth-order valence-electron chi connectivity index (χ4n) is 6.77. The average molecular weight is 767 g/mol. The second-order valence-electron chi connectivity index (χ2n) is 13.7. The summed E-state index contributed by atoms with van der Waals surface area (Å²) in [5.74, 6) is 0. The number of nitrogens with zero attached hydrogens (tertiary/aromatic N) is 3. The van der Waals surface area contributed by atoms with Crippen LogP contribution in [0.3, 0.4) is 0 Å². The van der Waals surface area contributed by atoms with Gasteiger partial charge in [-0.25, -0.2) is 0 Å². The molecule has 0 amide bonds. The maximum absolute atomic E-state index is 4.80. The number of anilines is 2. The van der Waals surface area contributed by atoms with Gasteiger partial charge in [-0.1, -0.05) is 103 Å². The van der Waals surface area contributed by atoms with Crippen molar-refractivity contribution in [2.45, 2.75) is 83.1 Å². The largest absolute Gasteiger partial charge is 0.656 e. The minimum absolute atomic E-state index is 0. The van der Waals surface area contributed by atoms with Gasteiger partial charge in [-0.15, -0.1) is 17.7 Å². The molecule has 4 heteroatoms. The van der Waals surface area contributed by atoms with Gasteiger partial charge < -0.3 is 14.8 Å². The molecule has 1 aliphatic heterocycles. The molecule has 0 N–H and O–H groups in total. The van der Waals surface area contributed by atoms with Crippen molar-refractivity contribution in [3.8, 4) is 0 Å². The molecule has 0 fully saturated rings. The van der Waals surface area contributed by atoms with Gasteiger partial charge in [0.15, 0.2) is 0 Å². The predicted molar refractivity (Wildman–Crippen MR) is 187 cm³/mol. The number of benzene rings is 4.